The molecule has 13 nitrogen and oxygen atoms in total. The molecular weight excluding hydrogens is 520 g/mol. The molecule has 0 aliphatic rings. The van der Waals surface area contributed by atoms with E-state index in [1.165, 1.54) is 0 Å². The van der Waals surface area contributed by atoms with Crippen molar-refractivity contribution in [1.82, 2.24) is 20.9 Å². The Labute approximate surface area is 232 Å². The second-order valence-electron chi connectivity index (χ2n) is 9.88. The van der Waals surface area contributed by atoms with Crippen LogP contribution in [0.25, 0.3) is 10.9 Å². The number of H-pyrrole nitrogens is 1. The van der Waals surface area contributed by atoms with Crippen LogP contribution in [-0.4, -0.2) is 75.6 Å². The number of para-hydroxylation sites is 1. The topological polar surface area (TPSA) is 230 Å². The lowest BCUT2D eigenvalue weighted by Crippen LogP contribution is -2.58. The van der Waals surface area contributed by atoms with Crippen molar-refractivity contribution < 1.29 is 34.2 Å². The Morgan fingerprint density at radius 3 is 2.25 bits per heavy atom. The summed E-state index contributed by atoms with van der Waals surface area (Å²) in [5.74, 6) is -5.26. The van der Waals surface area contributed by atoms with Gasteiger partial charge in [0.25, 0.3) is 0 Å². The van der Waals surface area contributed by atoms with Gasteiger partial charge >= 0.3 is 11.9 Å². The van der Waals surface area contributed by atoms with E-state index in [1.54, 1.807) is 13.1 Å². The number of carbonyl (C=O) groups is 5. The predicted octanol–water partition coefficient (Wildman–Crippen LogP) is 0.227. The van der Waals surface area contributed by atoms with E-state index in [2.05, 4.69) is 20.9 Å². The number of rotatable bonds is 17. The fourth-order valence-electron chi connectivity index (χ4n) is 4.26. The highest BCUT2D eigenvalue weighted by atomic mass is 16.4. The molecule has 5 atom stereocenters. The molecule has 0 saturated heterocycles. The Kier molecular flexibility index (Phi) is 12.6. The number of carboxylic acids is 2. The molecule has 2 rings (SSSR count). The van der Waals surface area contributed by atoms with Crippen LogP contribution < -0.4 is 27.4 Å². The van der Waals surface area contributed by atoms with E-state index in [9.17, 15) is 29.1 Å². The number of amides is 3. The molecule has 0 saturated carbocycles. The molecule has 2 aromatic rings. The van der Waals surface area contributed by atoms with Crippen molar-refractivity contribution in [3.05, 3.63) is 36.0 Å². The molecule has 1 aromatic carbocycles. The van der Waals surface area contributed by atoms with E-state index in [-0.39, 0.29) is 18.8 Å². The highest BCUT2D eigenvalue weighted by Gasteiger charge is 2.33. The lowest BCUT2D eigenvalue weighted by atomic mass is 9.96. The number of nitrogens with two attached hydrogens (primary N) is 2. The number of hydrogen-bond acceptors (Lipinski definition) is 7. The van der Waals surface area contributed by atoms with Crippen LogP contribution in [-0.2, 0) is 30.4 Å². The first-order valence-electron chi connectivity index (χ1n) is 13.3. The number of aromatic nitrogens is 1. The zero-order chi connectivity index (χ0) is 29.8. The van der Waals surface area contributed by atoms with Crippen molar-refractivity contribution in [3.63, 3.8) is 0 Å². The summed E-state index contributed by atoms with van der Waals surface area (Å²) >= 11 is 0. The molecule has 1 aromatic heterocycles. The molecule has 0 aliphatic heterocycles. The van der Waals surface area contributed by atoms with Gasteiger partial charge in [-0.05, 0) is 49.8 Å². The maximum atomic E-state index is 13.4. The molecule has 13 heteroatoms. The molecule has 5 unspecified atom stereocenters. The highest BCUT2D eigenvalue weighted by molar-refractivity contribution is 5.95. The quantitative estimate of drug-likeness (QED) is 0.124. The van der Waals surface area contributed by atoms with Crippen LogP contribution in [0.5, 0.6) is 0 Å². The number of carboxylic acid groups (broad SMARTS) is 2. The van der Waals surface area contributed by atoms with Crippen molar-refractivity contribution in [2.75, 3.05) is 6.54 Å². The summed E-state index contributed by atoms with van der Waals surface area (Å²) in [6.07, 6.45) is 2.84. The number of carbonyl (C=O) groups excluding carboxylic acids is 3. The van der Waals surface area contributed by atoms with Gasteiger partial charge in [-0.3, -0.25) is 19.2 Å². The number of aromatic amines is 1. The molecule has 0 bridgehead atoms. The third-order valence-electron chi connectivity index (χ3n) is 6.82. The van der Waals surface area contributed by atoms with Gasteiger partial charge in [0, 0.05) is 17.1 Å². The highest BCUT2D eigenvalue weighted by Crippen LogP contribution is 2.19. The second-order valence-corrected chi connectivity index (χ2v) is 9.88. The fourth-order valence-corrected chi connectivity index (χ4v) is 4.26. The largest absolute Gasteiger partial charge is 0.481 e. The molecule has 10 N–H and O–H groups in total. The fraction of sp³-hybridized carbons (Fsp3) is 0.519. The smallest absolute Gasteiger partial charge is 0.326 e. The zero-order valence-corrected chi connectivity index (χ0v) is 22.8. The summed E-state index contributed by atoms with van der Waals surface area (Å²) in [5, 5.41) is 26.7. The van der Waals surface area contributed by atoms with Gasteiger partial charge in [-0.25, -0.2) is 4.79 Å². The normalized spacial score (nSPS) is 14.9. The van der Waals surface area contributed by atoms with Gasteiger partial charge in [0.2, 0.25) is 17.7 Å². The van der Waals surface area contributed by atoms with Crippen LogP contribution in [0.1, 0.15) is 51.5 Å². The Balaban J connectivity index is 2.15. The van der Waals surface area contributed by atoms with Crippen molar-refractivity contribution in [1.29, 1.82) is 0 Å². The second kappa shape index (κ2) is 15.6. The van der Waals surface area contributed by atoms with Crippen molar-refractivity contribution in [3.8, 4) is 0 Å². The first-order valence-corrected chi connectivity index (χ1v) is 13.3. The Morgan fingerprint density at radius 2 is 1.62 bits per heavy atom. The molecule has 0 aliphatic carbocycles. The molecule has 220 valence electrons. The number of fused-ring (bicyclic) bond motifs is 1. The van der Waals surface area contributed by atoms with Crippen LogP contribution in [0.15, 0.2) is 30.5 Å². The molecule has 3 amide bonds. The first kappa shape index (κ1) is 32.2. The summed E-state index contributed by atoms with van der Waals surface area (Å²) in [5.41, 5.74) is 13.5. The van der Waals surface area contributed by atoms with Gasteiger partial charge in [-0.15, -0.1) is 0 Å². The van der Waals surface area contributed by atoms with Gasteiger partial charge in [0.1, 0.15) is 18.1 Å². The summed E-state index contributed by atoms with van der Waals surface area (Å²) in [6, 6.07) is 2.79. The molecule has 1 heterocycles. The van der Waals surface area contributed by atoms with Gasteiger partial charge in [-0.2, -0.15) is 0 Å². The predicted molar refractivity (Wildman–Crippen MR) is 148 cm³/mol. The number of nitrogens with one attached hydrogen (secondary N) is 4. The van der Waals surface area contributed by atoms with Gasteiger partial charge in [-0.1, -0.05) is 38.5 Å². The minimum absolute atomic E-state index is 0.134. The van der Waals surface area contributed by atoms with Gasteiger partial charge in [0.15, 0.2) is 0 Å². The minimum Gasteiger partial charge on any atom is -0.481 e. The third-order valence-corrected chi connectivity index (χ3v) is 6.82. The SMILES string of the molecule is CCC(C)C(NC(=O)C(N)Cc1c[nH]c2ccccc12)C(=O)NC(CCCCN)C(=O)NC(CC(=O)O)C(=O)O. The summed E-state index contributed by atoms with van der Waals surface area (Å²) in [4.78, 5) is 64.9. The van der Waals surface area contributed by atoms with Crippen molar-refractivity contribution >= 4 is 40.6 Å². The molecule has 0 radical (unpaired) electrons. The lowest BCUT2D eigenvalue weighted by molar-refractivity contribution is -0.147. The average molecular weight is 561 g/mol. The summed E-state index contributed by atoms with van der Waals surface area (Å²) in [6.45, 7) is 3.96. The molecular formula is C27H40N6O7. The monoisotopic (exact) mass is 560 g/mol. The van der Waals surface area contributed by atoms with E-state index < -0.39 is 60.2 Å². The number of hydrogen-bond donors (Lipinski definition) is 8. The van der Waals surface area contributed by atoms with Crippen LogP contribution in [0, 0.1) is 5.92 Å². The van der Waals surface area contributed by atoms with E-state index in [4.69, 9.17) is 16.6 Å². The van der Waals surface area contributed by atoms with Gasteiger partial charge in [0.05, 0.1) is 12.5 Å². The summed E-state index contributed by atoms with van der Waals surface area (Å²) < 4.78 is 0. The third kappa shape index (κ3) is 9.35. The first-order chi connectivity index (χ1) is 19.0. The number of aliphatic carboxylic acids is 2. The lowest BCUT2D eigenvalue weighted by Gasteiger charge is -2.28. The van der Waals surface area contributed by atoms with Crippen molar-refractivity contribution in [2.24, 2.45) is 17.4 Å². The molecule has 0 spiro atoms. The zero-order valence-electron chi connectivity index (χ0n) is 22.8. The number of unbranched alkanes of at least 4 members (excludes halogenated alkanes) is 1. The minimum atomic E-state index is -1.67. The Bertz CT molecular complexity index is 1180. The van der Waals surface area contributed by atoms with Crippen LogP contribution in [0.3, 0.4) is 0 Å². The van der Waals surface area contributed by atoms with E-state index in [0.717, 1.165) is 16.5 Å². The summed E-state index contributed by atoms with van der Waals surface area (Å²) in [7, 11) is 0. The van der Waals surface area contributed by atoms with E-state index >= 15 is 0 Å². The van der Waals surface area contributed by atoms with Gasteiger partial charge < -0.3 is 42.6 Å². The number of benzene rings is 1. The molecule has 40 heavy (non-hydrogen) atoms. The van der Waals surface area contributed by atoms with Crippen molar-refractivity contribution in [2.45, 2.75) is 76.5 Å². The maximum Gasteiger partial charge on any atom is 0.326 e. The Hall–Kier alpha value is -3.97. The average Bonchev–Trinajstić information content (AvgIpc) is 3.32. The molecule has 0 fully saturated rings. The van der Waals surface area contributed by atoms with Crippen LogP contribution in [0.4, 0.5) is 0 Å². The standard InChI is InChI=1S/C27H40N6O7/c1-3-15(2)23(33-24(36)18(29)12-16-14-30-19-9-5-4-8-17(16)19)26(38)31-20(10-6-7-11-28)25(37)32-21(27(39)40)13-22(34)35/h4-5,8-9,14-15,18,20-21,23,30H,3,6-7,10-13,28-29H2,1-2H3,(H,31,38)(H,32,37)(H,33,36)(H,34,35)(H,39,40). The van der Waals surface area contributed by atoms with E-state index in [0.29, 0.717) is 25.8 Å². The van der Waals surface area contributed by atoms with Crippen LogP contribution in [0.2, 0.25) is 0 Å². The maximum absolute atomic E-state index is 13.4. The van der Waals surface area contributed by atoms with Crippen LogP contribution >= 0.6 is 0 Å². The van der Waals surface area contributed by atoms with E-state index in [1.807, 2.05) is 31.2 Å². The Morgan fingerprint density at radius 1 is 0.950 bits per heavy atom.